The van der Waals surface area contributed by atoms with Crippen molar-refractivity contribution < 1.29 is 14.3 Å². The summed E-state index contributed by atoms with van der Waals surface area (Å²) in [7, 11) is 1.31. The van der Waals surface area contributed by atoms with E-state index in [1.807, 2.05) is 30.3 Å². The van der Waals surface area contributed by atoms with Gasteiger partial charge < -0.3 is 4.74 Å². The molecule has 0 bridgehead atoms. The largest absolute Gasteiger partial charge is 0.466 e. The van der Waals surface area contributed by atoms with Gasteiger partial charge in [0.25, 0.3) is 0 Å². The van der Waals surface area contributed by atoms with Crippen molar-refractivity contribution in [2.45, 2.75) is 19.8 Å². The zero-order chi connectivity index (χ0) is 13.5. The molecule has 0 aromatic heterocycles. The summed E-state index contributed by atoms with van der Waals surface area (Å²) in [6, 6.07) is 9.73. The number of Topliss-reactive ketones (excluding diaryl/α,β-unsaturated/α-hetero) is 1. The van der Waals surface area contributed by atoms with Gasteiger partial charge in [-0.3, -0.25) is 4.79 Å². The number of carbonyl (C=O) groups is 2. The Labute approximate surface area is 107 Å². The number of hydrogen-bond donors (Lipinski definition) is 0. The maximum Gasteiger partial charge on any atom is 0.333 e. The summed E-state index contributed by atoms with van der Waals surface area (Å²) in [5.41, 5.74) is 1.42. The summed E-state index contributed by atoms with van der Waals surface area (Å²) in [5.74, 6) is -0.614. The molecule has 0 spiro atoms. The van der Waals surface area contributed by atoms with Gasteiger partial charge in [0.15, 0.2) is 0 Å². The molecule has 1 aromatic rings. The maximum absolute atomic E-state index is 11.6. The number of ketones is 1. The Morgan fingerprint density at radius 1 is 1.28 bits per heavy atom. The first-order valence-electron chi connectivity index (χ1n) is 5.85. The van der Waals surface area contributed by atoms with E-state index in [1.54, 1.807) is 0 Å². The van der Waals surface area contributed by atoms with Crippen LogP contribution in [-0.4, -0.2) is 18.9 Å². The van der Waals surface area contributed by atoms with Crippen LogP contribution in [0.2, 0.25) is 0 Å². The number of hydrogen-bond acceptors (Lipinski definition) is 3. The predicted octanol–water partition coefficient (Wildman–Crippen LogP) is 2.55. The topological polar surface area (TPSA) is 43.4 Å². The highest BCUT2D eigenvalue weighted by atomic mass is 16.5. The van der Waals surface area contributed by atoms with E-state index in [4.69, 9.17) is 0 Å². The molecule has 0 aliphatic heterocycles. The molecule has 96 valence electrons. The summed E-state index contributed by atoms with van der Waals surface area (Å²) in [4.78, 5) is 22.9. The van der Waals surface area contributed by atoms with E-state index in [2.05, 4.69) is 11.3 Å². The SMILES string of the molecule is C=C(CC(Cc1ccccc1)C(C)=O)C(=O)OC. The Morgan fingerprint density at radius 2 is 1.89 bits per heavy atom. The number of carbonyl (C=O) groups excluding carboxylic acids is 2. The highest BCUT2D eigenvalue weighted by molar-refractivity contribution is 5.89. The zero-order valence-corrected chi connectivity index (χ0v) is 10.8. The molecule has 1 unspecified atom stereocenters. The molecule has 0 radical (unpaired) electrons. The monoisotopic (exact) mass is 246 g/mol. The fourth-order valence-corrected chi connectivity index (χ4v) is 1.78. The average molecular weight is 246 g/mol. The molecule has 0 saturated carbocycles. The molecule has 1 atom stereocenters. The van der Waals surface area contributed by atoms with Crippen LogP contribution in [0.1, 0.15) is 18.9 Å². The number of ether oxygens (including phenoxy) is 1. The average Bonchev–Trinajstić information content (AvgIpc) is 2.37. The van der Waals surface area contributed by atoms with Crippen LogP contribution in [0.3, 0.4) is 0 Å². The summed E-state index contributed by atoms with van der Waals surface area (Å²) in [6.45, 7) is 5.20. The van der Waals surface area contributed by atoms with E-state index in [0.717, 1.165) is 5.56 Å². The molecule has 0 N–H and O–H groups in total. The van der Waals surface area contributed by atoms with Crippen molar-refractivity contribution in [3.8, 4) is 0 Å². The third-order valence-electron chi connectivity index (χ3n) is 2.87. The lowest BCUT2D eigenvalue weighted by Crippen LogP contribution is -2.17. The fraction of sp³-hybridized carbons (Fsp3) is 0.333. The van der Waals surface area contributed by atoms with E-state index in [9.17, 15) is 9.59 Å². The second kappa shape index (κ2) is 6.74. The molecule has 0 fully saturated rings. The first kappa shape index (κ1) is 14.2. The third-order valence-corrected chi connectivity index (χ3v) is 2.87. The third kappa shape index (κ3) is 4.17. The molecule has 0 aliphatic rings. The Balaban J connectivity index is 2.70. The minimum Gasteiger partial charge on any atom is -0.466 e. The summed E-state index contributed by atoms with van der Waals surface area (Å²) in [6.07, 6.45) is 0.961. The van der Waals surface area contributed by atoms with Gasteiger partial charge >= 0.3 is 5.97 Å². The molecule has 1 rings (SSSR count). The molecular weight excluding hydrogens is 228 g/mol. The Bertz CT molecular complexity index is 434. The van der Waals surface area contributed by atoms with Gasteiger partial charge in [-0.05, 0) is 25.3 Å². The van der Waals surface area contributed by atoms with Crippen LogP contribution >= 0.6 is 0 Å². The molecule has 1 aromatic carbocycles. The van der Waals surface area contributed by atoms with E-state index < -0.39 is 5.97 Å². The van der Waals surface area contributed by atoms with E-state index in [-0.39, 0.29) is 11.7 Å². The van der Waals surface area contributed by atoms with Crippen molar-refractivity contribution in [1.29, 1.82) is 0 Å². The van der Waals surface area contributed by atoms with Gasteiger partial charge in [0.05, 0.1) is 7.11 Å². The normalized spacial score (nSPS) is 11.7. The molecule has 3 nitrogen and oxygen atoms in total. The van der Waals surface area contributed by atoms with E-state index in [0.29, 0.717) is 18.4 Å². The smallest absolute Gasteiger partial charge is 0.333 e. The summed E-state index contributed by atoms with van der Waals surface area (Å²) < 4.78 is 4.59. The Kier molecular flexibility index (Phi) is 5.31. The van der Waals surface area contributed by atoms with Crippen molar-refractivity contribution in [3.05, 3.63) is 48.0 Å². The molecule has 3 heteroatoms. The van der Waals surface area contributed by atoms with E-state index >= 15 is 0 Å². The lowest BCUT2D eigenvalue weighted by atomic mass is 9.90. The molecule has 0 amide bonds. The molecule has 0 aliphatic carbocycles. The van der Waals surface area contributed by atoms with Crippen LogP contribution < -0.4 is 0 Å². The molecular formula is C15H18O3. The van der Waals surface area contributed by atoms with Crippen LogP contribution in [-0.2, 0) is 20.7 Å². The highest BCUT2D eigenvalue weighted by Gasteiger charge is 2.19. The molecule has 0 saturated heterocycles. The van der Waals surface area contributed by atoms with Crippen molar-refractivity contribution >= 4 is 11.8 Å². The van der Waals surface area contributed by atoms with E-state index in [1.165, 1.54) is 14.0 Å². The van der Waals surface area contributed by atoms with Crippen molar-refractivity contribution in [1.82, 2.24) is 0 Å². The van der Waals surface area contributed by atoms with Crippen molar-refractivity contribution in [3.63, 3.8) is 0 Å². The van der Waals surface area contributed by atoms with Crippen LogP contribution in [0.25, 0.3) is 0 Å². The molecule has 0 heterocycles. The van der Waals surface area contributed by atoms with Gasteiger partial charge in [0, 0.05) is 11.5 Å². The molecule has 18 heavy (non-hydrogen) atoms. The quantitative estimate of drug-likeness (QED) is 0.572. The van der Waals surface area contributed by atoms with Gasteiger partial charge in [0.2, 0.25) is 0 Å². The number of rotatable bonds is 6. The first-order valence-corrected chi connectivity index (χ1v) is 5.85. The minimum atomic E-state index is -0.450. The minimum absolute atomic E-state index is 0.0592. The van der Waals surface area contributed by atoms with Crippen molar-refractivity contribution in [2.24, 2.45) is 5.92 Å². The standard InChI is InChI=1S/C15H18O3/c1-11(15(17)18-3)9-14(12(2)16)10-13-7-5-4-6-8-13/h4-8,14H,1,9-10H2,2-3H3. The van der Waals surface area contributed by atoms with Gasteiger partial charge in [-0.25, -0.2) is 4.79 Å². The van der Waals surface area contributed by atoms with Gasteiger partial charge in [-0.2, -0.15) is 0 Å². The first-order chi connectivity index (χ1) is 8.54. The summed E-state index contributed by atoms with van der Waals surface area (Å²) in [5, 5.41) is 0. The number of esters is 1. The maximum atomic E-state index is 11.6. The van der Waals surface area contributed by atoms with Crippen LogP contribution in [0.5, 0.6) is 0 Å². The second-order valence-corrected chi connectivity index (χ2v) is 4.30. The van der Waals surface area contributed by atoms with Crippen molar-refractivity contribution in [2.75, 3.05) is 7.11 Å². The van der Waals surface area contributed by atoms with Crippen LogP contribution in [0.15, 0.2) is 42.5 Å². The Morgan fingerprint density at radius 3 is 2.39 bits per heavy atom. The Hall–Kier alpha value is -1.90. The summed E-state index contributed by atoms with van der Waals surface area (Å²) >= 11 is 0. The van der Waals surface area contributed by atoms with Gasteiger partial charge in [0.1, 0.15) is 5.78 Å². The number of benzene rings is 1. The second-order valence-electron chi connectivity index (χ2n) is 4.30. The predicted molar refractivity (Wildman–Crippen MR) is 70.1 cm³/mol. The van der Waals surface area contributed by atoms with Crippen LogP contribution in [0.4, 0.5) is 0 Å². The highest BCUT2D eigenvalue weighted by Crippen LogP contribution is 2.18. The van der Waals surface area contributed by atoms with Gasteiger partial charge in [-0.15, -0.1) is 0 Å². The fourth-order valence-electron chi connectivity index (χ4n) is 1.78. The van der Waals surface area contributed by atoms with Gasteiger partial charge in [-0.1, -0.05) is 36.9 Å². The lowest BCUT2D eigenvalue weighted by Gasteiger charge is -2.14. The number of methoxy groups -OCH3 is 1. The van der Waals surface area contributed by atoms with Crippen LogP contribution in [0, 0.1) is 5.92 Å². The zero-order valence-electron chi connectivity index (χ0n) is 10.8. The lowest BCUT2D eigenvalue weighted by molar-refractivity contribution is -0.136.